The lowest BCUT2D eigenvalue weighted by Crippen LogP contribution is -2.22. The predicted octanol–water partition coefficient (Wildman–Crippen LogP) is -0.467. The van der Waals surface area contributed by atoms with Gasteiger partial charge in [-0.05, 0) is 0 Å². The minimum absolute atomic E-state index is 0.229. The molecule has 0 fully saturated rings. The van der Waals surface area contributed by atoms with E-state index >= 15 is 0 Å². The third kappa shape index (κ3) is 3.64. The van der Waals surface area contributed by atoms with Crippen LogP contribution < -0.4 is 10.0 Å². The lowest BCUT2D eigenvalue weighted by atomic mass is 10.2. The van der Waals surface area contributed by atoms with Crippen LogP contribution in [0.5, 0.6) is 0 Å². The number of anilines is 1. The monoisotopic (exact) mass is 311 g/mol. The molecule has 0 aromatic carbocycles. The highest BCUT2D eigenvalue weighted by atomic mass is 32.3. The van der Waals surface area contributed by atoms with Gasteiger partial charge in [0.25, 0.3) is 0 Å². The first-order chi connectivity index (χ1) is 8.25. The fourth-order valence-corrected chi connectivity index (χ4v) is 5.79. The summed E-state index contributed by atoms with van der Waals surface area (Å²) in [4.78, 5) is 5.14. The van der Waals surface area contributed by atoms with Crippen LogP contribution in [0.25, 0.3) is 0 Å². The summed E-state index contributed by atoms with van der Waals surface area (Å²) in [7, 11) is -7.49. The Balaban J connectivity index is 2.16. The van der Waals surface area contributed by atoms with Crippen molar-refractivity contribution in [1.82, 2.24) is 10.3 Å². The number of nitrogens with zero attached hydrogens (tertiary/aromatic N) is 1. The molecule has 1 aliphatic rings. The number of hydrogen-bond acceptors (Lipinski definition) is 7. The lowest BCUT2D eigenvalue weighted by molar-refractivity contribution is 0.595. The van der Waals surface area contributed by atoms with Crippen LogP contribution in [0.3, 0.4) is 0 Å². The van der Waals surface area contributed by atoms with Crippen molar-refractivity contribution in [1.29, 1.82) is 0 Å². The fourth-order valence-electron chi connectivity index (χ4n) is 1.61. The molecule has 0 saturated heterocycles. The third-order valence-electron chi connectivity index (χ3n) is 2.21. The molecule has 0 saturated carbocycles. The normalized spacial score (nSPS) is 16.3. The molecule has 1 aromatic rings. The summed E-state index contributed by atoms with van der Waals surface area (Å²) in [5, 5.41) is 2.45. The van der Waals surface area contributed by atoms with Gasteiger partial charge in [0.1, 0.15) is 0 Å². The van der Waals surface area contributed by atoms with Crippen LogP contribution in [0, 0.1) is 0 Å². The van der Waals surface area contributed by atoms with E-state index in [9.17, 15) is 16.8 Å². The van der Waals surface area contributed by atoms with Gasteiger partial charge in [-0.15, -0.1) is 0 Å². The summed E-state index contributed by atoms with van der Waals surface area (Å²) in [5.74, 6) is 0. The quantitative estimate of drug-likeness (QED) is 0.779. The number of thiazole rings is 1. The van der Waals surface area contributed by atoms with Gasteiger partial charge in [0.2, 0.25) is 10.0 Å². The largest absolute Gasteiger partial charge is 0.311 e. The maximum atomic E-state index is 11.6. The highest BCUT2D eigenvalue weighted by molar-refractivity contribution is 8.08. The van der Waals surface area contributed by atoms with Gasteiger partial charge in [-0.2, -0.15) is 0 Å². The molecule has 1 aliphatic heterocycles. The molecule has 0 amide bonds. The first kappa shape index (κ1) is 13.7. The maximum Gasteiger partial charge on any atom is 0.248 e. The van der Waals surface area contributed by atoms with Crippen LogP contribution in [-0.2, 0) is 32.8 Å². The van der Waals surface area contributed by atoms with Gasteiger partial charge in [0.05, 0.1) is 5.69 Å². The minimum Gasteiger partial charge on any atom is -0.311 e. The van der Waals surface area contributed by atoms with Crippen molar-refractivity contribution in [2.45, 2.75) is 13.0 Å². The van der Waals surface area contributed by atoms with Gasteiger partial charge in [-0.1, -0.05) is 11.3 Å². The standard InChI is InChI=1S/C8H13N3O4S3/c1-17(12,13)5-18(14,15)11-8-10-6-2-3-9-4-7(6)16-8/h9H,2-5H2,1H3,(H,10,11). The second-order valence-electron chi connectivity index (χ2n) is 4.08. The van der Waals surface area contributed by atoms with E-state index in [2.05, 4.69) is 15.0 Å². The zero-order chi connectivity index (χ0) is 13.4. The Morgan fingerprint density at radius 1 is 1.39 bits per heavy atom. The number of fused-ring (bicyclic) bond motifs is 1. The average molecular weight is 311 g/mol. The molecule has 102 valence electrons. The lowest BCUT2D eigenvalue weighted by Gasteiger charge is -2.09. The Morgan fingerprint density at radius 3 is 2.72 bits per heavy atom. The molecule has 1 aromatic heterocycles. The molecule has 0 unspecified atom stereocenters. The second kappa shape index (κ2) is 4.76. The molecular weight excluding hydrogens is 298 g/mol. The van der Waals surface area contributed by atoms with E-state index in [1.165, 1.54) is 11.3 Å². The minimum atomic E-state index is -3.90. The predicted molar refractivity (Wildman–Crippen MR) is 69.8 cm³/mol. The van der Waals surface area contributed by atoms with E-state index in [4.69, 9.17) is 0 Å². The van der Waals surface area contributed by atoms with E-state index in [1.54, 1.807) is 0 Å². The molecule has 0 spiro atoms. The maximum absolute atomic E-state index is 11.6. The van der Waals surface area contributed by atoms with Gasteiger partial charge in [0.15, 0.2) is 20.1 Å². The topological polar surface area (TPSA) is 105 Å². The van der Waals surface area contributed by atoms with Crippen LogP contribution in [0.2, 0.25) is 0 Å². The summed E-state index contributed by atoms with van der Waals surface area (Å²) in [6.07, 6.45) is 1.63. The van der Waals surface area contributed by atoms with Crippen molar-refractivity contribution in [3.05, 3.63) is 10.6 Å². The molecule has 0 aliphatic carbocycles. The van der Waals surface area contributed by atoms with Crippen LogP contribution in [0.15, 0.2) is 0 Å². The van der Waals surface area contributed by atoms with Gasteiger partial charge in [0, 0.05) is 30.6 Å². The van der Waals surface area contributed by atoms with E-state index in [1.807, 2.05) is 0 Å². The molecule has 0 radical (unpaired) electrons. The van der Waals surface area contributed by atoms with Crippen molar-refractivity contribution in [3.63, 3.8) is 0 Å². The smallest absolute Gasteiger partial charge is 0.248 e. The number of sulfone groups is 1. The van der Waals surface area contributed by atoms with Crippen molar-refractivity contribution >= 4 is 36.3 Å². The second-order valence-corrected chi connectivity index (χ2v) is 9.39. The summed E-state index contributed by atoms with van der Waals surface area (Å²) in [6.45, 7) is 1.48. The first-order valence-electron chi connectivity index (χ1n) is 5.13. The average Bonchev–Trinajstić information content (AvgIpc) is 2.53. The van der Waals surface area contributed by atoms with Crippen molar-refractivity contribution < 1.29 is 16.8 Å². The third-order valence-corrected chi connectivity index (χ3v) is 6.81. The van der Waals surface area contributed by atoms with E-state index in [0.717, 1.165) is 29.8 Å². The molecular formula is C8H13N3O4S3. The van der Waals surface area contributed by atoms with Gasteiger partial charge in [-0.25, -0.2) is 21.8 Å². The molecule has 0 bridgehead atoms. The summed E-state index contributed by atoms with van der Waals surface area (Å²) in [5.41, 5.74) is 0.871. The molecule has 7 nitrogen and oxygen atoms in total. The van der Waals surface area contributed by atoms with Crippen LogP contribution in [0.4, 0.5) is 5.13 Å². The summed E-state index contributed by atoms with van der Waals surface area (Å²) in [6, 6.07) is 0. The molecule has 0 atom stereocenters. The highest BCUT2D eigenvalue weighted by Crippen LogP contribution is 2.26. The fraction of sp³-hybridized carbons (Fsp3) is 0.625. The Labute approximate surface area is 110 Å². The Morgan fingerprint density at radius 2 is 2.11 bits per heavy atom. The molecule has 10 heteroatoms. The Hall–Kier alpha value is -0.710. The van der Waals surface area contributed by atoms with Crippen LogP contribution in [0.1, 0.15) is 10.6 Å². The molecule has 2 rings (SSSR count). The Kier molecular flexibility index (Phi) is 3.63. The van der Waals surface area contributed by atoms with Crippen molar-refractivity contribution in [2.24, 2.45) is 0 Å². The van der Waals surface area contributed by atoms with Crippen molar-refractivity contribution in [3.8, 4) is 0 Å². The molecule has 18 heavy (non-hydrogen) atoms. The number of hydrogen-bond donors (Lipinski definition) is 2. The van der Waals surface area contributed by atoms with Crippen LogP contribution >= 0.6 is 11.3 Å². The van der Waals surface area contributed by atoms with Gasteiger partial charge in [-0.3, -0.25) is 4.72 Å². The zero-order valence-electron chi connectivity index (χ0n) is 9.63. The number of sulfonamides is 1. The van der Waals surface area contributed by atoms with Crippen molar-refractivity contribution in [2.75, 3.05) is 22.6 Å². The Bertz CT molecular complexity index is 624. The zero-order valence-corrected chi connectivity index (χ0v) is 12.1. The number of nitrogens with one attached hydrogen (secondary N) is 2. The number of rotatable bonds is 4. The SMILES string of the molecule is CS(=O)(=O)CS(=O)(=O)Nc1nc2c(s1)CNCC2. The van der Waals surface area contributed by atoms with E-state index in [-0.39, 0.29) is 5.13 Å². The molecule has 2 heterocycles. The van der Waals surface area contributed by atoms with Gasteiger partial charge < -0.3 is 5.32 Å². The highest BCUT2D eigenvalue weighted by Gasteiger charge is 2.21. The van der Waals surface area contributed by atoms with Gasteiger partial charge >= 0.3 is 0 Å². The summed E-state index contributed by atoms with van der Waals surface area (Å²) >= 11 is 1.23. The first-order valence-corrected chi connectivity index (χ1v) is 9.66. The van der Waals surface area contributed by atoms with Crippen LogP contribution in [-0.4, -0.2) is 39.7 Å². The molecule has 2 N–H and O–H groups in total. The van der Waals surface area contributed by atoms with E-state index < -0.39 is 24.9 Å². The van der Waals surface area contributed by atoms with E-state index in [0.29, 0.717) is 6.54 Å². The number of aromatic nitrogens is 1. The summed E-state index contributed by atoms with van der Waals surface area (Å²) < 4.78 is 47.4.